The number of aromatic nitrogens is 2. The number of nitrogens with zero attached hydrogens (tertiary/aromatic N) is 2. The largest absolute Gasteiger partial charge is 0.488 e. The number of halogens is 4. The molecule has 0 bridgehead atoms. The van der Waals surface area contributed by atoms with Gasteiger partial charge in [-0.3, -0.25) is 4.79 Å². The molecule has 1 aromatic heterocycles. The summed E-state index contributed by atoms with van der Waals surface area (Å²) in [4.78, 5) is 12.0. The van der Waals surface area contributed by atoms with Gasteiger partial charge in [0.1, 0.15) is 29.7 Å². The van der Waals surface area contributed by atoms with Crippen molar-refractivity contribution < 1.29 is 36.6 Å². The van der Waals surface area contributed by atoms with Gasteiger partial charge in [-0.15, -0.1) is 0 Å². The number of rotatable bonds is 9. The second-order valence-electron chi connectivity index (χ2n) is 8.89. The van der Waals surface area contributed by atoms with Crippen molar-refractivity contribution in [1.29, 1.82) is 0 Å². The molecule has 2 heterocycles. The minimum absolute atomic E-state index is 0.0613. The number of carbonyl (C=O) groups is 1. The summed E-state index contributed by atoms with van der Waals surface area (Å²) in [7, 11) is 0. The van der Waals surface area contributed by atoms with Crippen LogP contribution in [0.5, 0.6) is 5.75 Å². The molecule has 0 unspecified atom stereocenters. The molecule has 1 aliphatic heterocycles. The van der Waals surface area contributed by atoms with Gasteiger partial charge in [0.15, 0.2) is 0 Å². The third kappa shape index (κ3) is 6.31. The van der Waals surface area contributed by atoms with Crippen molar-refractivity contribution in [3.8, 4) is 11.4 Å². The first-order valence-corrected chi connectivity index (χ1v) is 12.0. The predicted molar refractivity (Wildman–Crippen MR) is 133 cm³/mol. The van der Waals surface area contributed by atoms with Crippen molar-refractivity contribution in [2.45, 2.75) is 31.2 Å². The maximum absolute atomic E-state index is 13.4. The SMILES string of the molecule is O=C(N[C@@H](CC1=COCO1)[C@H](Cc1ccccc1)Oc1ccc2c(cnn2-c2ccc(F)cc2)c1)C(F)(F)F. The molecular weight excluding hydrogens is 518 g/mol. The molecular formula is C28H23F4N3O4. The molecule has 1 amide bonds. The highest BCUT2D eigenvalue weighted by Crippen LogP contribution is 2.27. The summed E-state index contributed by atoms with van der Waals surface area (Å²) in [5.41, 5.74) is 2.18. The van der Waals surface area contributed by atoms with Gasteiger partial charge in [-0.25, -0.2) is 9.07 Å². The van der Waals surface area contributed by atoms with Crippen LogP contribution in [0.15, 0.2) is 91.0 Å². The summed E-state index contributed by atoms with van der Waals surface area (Å²) in [5.74, 6) is -1.79. The molecule has 39 heavy (non-hydrogen) atoms. The van der Waals surface area contributed by atoms with Crippen LogP contribution in [0, 0.1) is 5.82 Å². The number of fused-ring (bicyclic) bond motifs is 1. The first-order chi connectivity index (χ1) is 18.8. The number of hydrogen-bond acceptors (Lipinski definition) is 5. The highest BCUT2D eigenvalue weighted by Gasteiger charge is 2.41. The Morgan fingerprint density at radius 2 is 1.82 bits per heavy atom. The fourth-order valence-electron chi connectivity index (χ4n) is 4.28. The minimum atomic E-state index is -5.08. The van der Waals surface area contributed by atoms with Crippen LogP contribution in [0.4, 0.5) is 17.6 Å². The lowest BCUT2D eigenvalue weighted by Gasteiger charge is -2.29. The number of carbonyl (C=O) groups excluding carboxylic acids is 1. The summed E-state index contributed by atoms with van der Waals surface area (Å²) in [6.45, 7) is -0.0613. The monoisotopic (exact) mass is 541 g/mol. The maximum Gasteiger partial charge on any atom is 0.471 e. The average molecular weight is 542 g/mol. The van der Waals surface area contributed by atoms with Gasteiger partial charge >= 0.3 is 12.1 Å². The average Bonchev–Trinajstić information content (AvgIpc) is 3.58. The zero-order valence-corrected chi connectivity index (χ0v) is 20.4. The van der Waals surface area contributed by atoms with Gasteiger partial charge < -0.3 is 19.5 Å². The van der Waals surface area contributed by atoms with E-state index in [-0.39, 0.29) is 25.5 Å². The first kappa shape index (κ1) is 26.1. The third-order valence-corrected chi connectivity index (χ3v) is 6.15. The molecule has 7 nitrogen and oxygen atoms in total. The Kier molecular flexibility index (Phi) is 7.40. The Morgan fingerprint density at radius 1 is 1.05 bits per heavy atom. The quantitative estimate of drug-likeness (QED) is 0.286. The van der Waals surface area contributed by atoms with Crippen LogP contribution in [-0.2, 0) is 20.7 Å². The Balaban J connectivity index is 1.46. The van der Waals surface area contributed by atoms with Crippen molar-refractivity contribution in [2.24, 2.45) is 0 Å². The third-order valence-electron chi connectivity index (χ3n) is 6.15. The van der Waals surface area contributed by atoms with E-state index in [4.69, 9.17) is 14.2 Å². The number of hydrogen-bond donors (Lipinski definition) is 1. The lowest BCUT2D eigenvalue weighted by atomic mass is 9.98. The van der Waals surface area contributed by atoms with E-state index in [0.29, 0.717) is 22.6 Å². The lowest BCUT2D eigenvalue weighted by Crippen LogP contribution is -2.51. The van der Waals surface area contributed by atoms with Gasteiger partial charge in [-0.1, -0.05) is 30.3 Å². The molecule has 0 aliphatic carbocycles. The highest BCUT2D eigenvalue weighted by molar-refractivity contribution is 5.82. The fourth-order valence-corrected chi connectivity index (χ4v) is 4.28. The topological polar surface area (TPSA) is 74.6 Å². The Morgan fingerprint density at radius 3 is 2.51 bits per heavy atom. The van der Waals surface area contributed by atoms with Crippen LogP contribution in [0.2, 0.25) is 0 Å². The second-order valence-corrected chi connectivity index (χ2v) is 8.89. The van der Waals surface area contributed by atoms with Gasteiger partial charge in [-0.05, 0) is 48.0 Å². The summed E-state index contributed by atoms with van der Waals surface area (Å²) in [6.07, 6.45) is -2.95. The van der Waals surface area contributed by atoms with Crippen molar-refractivity contribution in [3.05, 3.63) is 102 Å². The standard InChI is InChI=1S/C28H23F4N3O4/c29-20-6-8-21(9-7-20)35-25-11-10-22(13-19(25)15-33-35)39-26(12-18-4-2-1-3-5-18)24(14-23-16-37-17-38-23)34-27(36)28(30,31)32/h1-11,13,15-16,24,26H,12,14,17H2,(H,34,36)/t24-,26-/m0/s1. The van der Waals surface area contributed by atoms with Crippen LogP contribution in [0.25, 0.3) is 16.6 Å². The Bertz CT molecular complexity index is 1470. The van der Waals surface area contributed by atoms with Gasteiger partial charge in [0.05, 0.1) is 23.4 Å². The number of benzene rings is 3. The zero-order valence-electron chi connectivity index (χ0n) is 20.4. The molecule has 11 heteroatoms. The molecule has 0 saturated heterocycles. The van der Waals surface area contributed by atoms with Crippen LogP contribution in [-0.4, -0.2) is 40.8 Å². The maximum atomic E-state index is 13.4. The molecule has 202 valence electrons. The van der Waals surface area contributed by atoms with Crippen molar-refractivity contribution in [3.63, 3.8) is 0 Å². The summed E-state index contributed by atoms with van der Waals surface area (Å²) in [6, 6.07) is 19.0. The molecule has 0 radical (unpaired) electrons. The van der Waals surface area contributed by atoms with Crippen LogP contribution in [0.3, 0.4) is 0 Å². The van der Waals surface area contributed by atoms with E-state index >= 15 is 0 Å². The second kappa shape index (κ2) is 11.1. The summed E-state index contributed by atoms with van der Waals surface area (Å²) in [5, 5.41) is 7.15. The van der Waals surface area contributed by atoms with Gasteiger partial charge in [0.25, 0.3) is 0 Å². The van der Waals surface area contributed by atoms with Crippen LogP contribution >= 0.6 is 0 Å². The van der Waals surface area contributed by atoms with Gasteiger partial charge in [-0.2, -0.15) is 18.3 Å². The lowest BCUT2D eigenvalue weighted by molar-refractivity contribution is -0.175. The highest BCUT2D eigenvalue weighted by atomic mass is 19.4. The molecule has 0 saturated carbocycles. The number of ether oxygens (including phenoxy) is 3. The minimum Gasteiger partial charge on any atom is -0.488 e. The zero-order chi connectivity index (χ0) is 27.4. The molecule has 0 spiro atoms. The fraction of sp³-hybridized carbons (Fsp3) is 0.214. The van der Waals surface area contributed by atoms with Crippen molar-refractivity contribution >= 4 is 16.8 Å². The van der Waals surface area contributed by atoms with E-state index in [9.17, 15) is 22.4 Å². The molecule has 1 aliphatic rings. The molecule has 4 aromatic rings. The van der Waals surface area contributed by atoms with Gasteiger partial charge in [0.2, 0.25) is 6.79 Å². The van der Waals surface area contributed by atoms with E-state index in [0.717, 1.165) is 11.1 Å². The molecule has 1 N–H and O–H groups in total. The molecule has 5 rings (SSSR count). The predicted octanol–water partition coefficient (Wildman–Crippen LogP) is 5.44. The smallest absolute Gasteiger partial charge is 0.471 e. The van der Waals surface area contributed by atoms with E-state index in [1.54, 1.807) is 41.2 Å². The van der Waals surface area contributed by atoms with Crippen molar-refractivity contribution in [1.82, 2.24) is 15.1 Å². The normalized spacial score (nSPS) is 14.7. The van der Waals surface area contributed by atoms with Gasteiger partial charge in [0, 0.05) is 18.2 Å². The van der Waals surface area contributed by atoms with E-state index in [1.807, 2.05) is 30.3 Å². The number of alkyl halides is 3. The first-order valence-electron chi connectivity index (χ1n) is 12.0. The van der Waals surface area contributed by atoms with E-state index in [1.165, 1.54) is 18.4 Å². The van der Waals surface area contributed by atoms with E-state index in [2.05, 4.69) is 10.4 Å². The molecule has 0 fully saturated rings. The number of amides is 1. The summed E-state index contributed by atoms with van der Waals surface area (Å²) >= 11 is 0. The Hall–Kier alpha value is -4.54. The molecule has 2 atom stereocenters. The van der Waals surface area contributed by atoms with E-state index < -0.39 is 24.2 Å². The number of nitrogens with one attached hydrogen (secondary N) is 1. The van der Waals surface area contributed by atoms with Crippen molar-refractivity contribution in [2.75, 3.05) is 6.79 Å². The van der Waals surface area contributed by atoms with Crippen LogP contribution < -0.4 is 10.1 Å². The Labute approximate surface area is 220 Å². The summed E-state index contributed by atoms with van der Waals surface area (Å²) < 4.78 is 71.3. The van der Waals surface area contributed by atoms with Crippen LogP contribution in [0.1, 0.15) is 12.0 Å². The molecule has 3 aromatic carbocycles.